The molecule has 0 bridgehead atoms. The van der Waals surface area contributed by atoms with Crippen LogP contribution in [0.1, 0.15) is 16.8 Å². The molecule has 1 fully saturated rings. The van der Waals surface area contributed by atoms with Crippen LogP contribution in [0.5, 0.6) is 0 Å². The summed E-state index contributed by atoms with van der Waals surface area (Å²) in [5.74, 6) is -1.52. The first-order valence-corrected chi connectivity index (χ1v) is 5.63. The van der Waals surface area contributed by atoms with E-state index in [0.717, 1.165) is 18.1 Å². The average molecular weight is 278 g/mol. The van der Waals surface area contributed by atoms with Gasteiger partial charge in [-0.3, -0.25) is 24.6 Å². The summed E-state index contributed by atoms with van der Waals surface area (Å²) >= 11 is 0. The predicted octanol–water partition coefficient (Wildman–Crippen LogP) is 0.687. The summed E-state index contributed by atoms with van der Waals surface area (Å²) < 4.78 is 4.48. The molecule has 1 saturated heterocycles. The van der Waals surface area contributed by atoms with Crippen molar-refractivity contribution in [3.63, 3.8) is 0 Å². The van der Waals surface area contributed by atoms with Crippen molar-refractivity contribution in [2.75, 3.05) is 18.6 Å². The largest absolute Gasteiger partial charge is 0.465 e. The van der Waals surface area contributed by atoms with Crippen LogP contribution in [-0.2, 0) is 14.3 Å². The SMILES string of the molecule is COC(=O)c1ccc(N2CC(=O)CC2=O)c([N+](=O)[O-])c1. The molecule has 1 aliphatic heterocycles. The van der Waals surface area contributed by atoms with E-state index >= 15 is 0 Å². The highest BCUT2D eigenvalue weighted by Crippen LogP contribution is 2.31. The number of amides is 1. The first-order chi connectivity index (χ1) is 9.43. The molecule has 1 amide bonds. The van der Waals surface area contributed by atoms with E-state index in [1.807, 2.05) is 0 Å². The third-order valence-electron chi connectivity index (χ3n) is 2.87. The predicted molar refractivity (Wildman–Crippen MR) is 66.4 cm³/mol. The smallest absolute Gasteiger partial charge is 0.338 e. The molecule has 1 heterocycles. The Morgan fingerprint density at radius 3 is 2.60 bits per heavy atom. The number of hydrogen-bond donors (Lipinski definition) is 0. The molecule has 1 aromatic carbocycles. The fraction of sp³-hybridized carbons (Fsp3) is 0.250. The topological polar surface area (TPSA) is 107 Å². The second-order valence-electron chi connectivity index (χ2n) is 4.15. The monoisotopic (exact) mass is 278 g/mol. The molecule has 0 N–H and O–H groups in total. The van der Waals surface area contributed by atoms with Gasteiger partial charge in [-0.1, -0.05) is 0 Å². The summed E-state index contributed by atoms with van der Waals surface area (Å²) in [5, 5.41) is 11.1. The summed E-state index contributed by atoms with van der Waals surface area (Å²) in [6.07, 6.45) is -0.268. The van der Waals surface area contributed by atoms with Gasteiger partial charge in [0, 0.05) is 6.07 Å². The molecule has 0 aromatic heterocycles. The summed E-state index contributed by atoms with van der Waals surface area (Å²) in [6.45, 7) is -0.197. The number of benzene rings is 1. The molecule has 8 nitrogen and oxygen atoms in total. The number of anilines is 1. The minimum absolute atomic E-state index is 0.000854. The van der Waals surface area contributed by atoms with Crippen molar-refractivity contribution in [3.8, 4) is 0 Å². The van der Waals surface area contributed by atoms with Crippen molar-refractivity contribution < 1.29 is 24.0 Å². The van der Waals surface area contributed by atoms with Gasteiger partial charge in [0.25, 0.3) is 5.69 Å². The molecular formula is C12H10N2O6. The number of rotatable bonds is 3. The molecule has 8 heteroatoms. The number of esters is 1. The van der Waals surface area contributed by atoms with Crippen molar-refractivity contribution in [2.24, 2.45) is 0 Å². The number of carbonyl (C=O) groups excluding carboxylic acids is 3. The minimum Gasteiger partial charge on any atom is -0.465 e. The Bertz CT molecular complexity index is 624. The zero-order valence-electron chi connectivity index (χ0n) is 10.5. The third-order valence-corrected chi connectivity index (χ3v) is 2.87. The van der Waals surface area contributed by atoms with Crippen LogP contribution in [0, 0.1) is 10.1 Å². The van der Waals surface area contributed by atoms with Gasteiger partial charge >= 0.3 is 5.97 Å². The zero-order chi connectivity index (χ0) is 14.9. The molecular weight excluding hydrogens is 268 g/mol. The van der Waals surface area contributed by atoms with Crippen molar-refractivity contribution in [1.29, 1.82) is 0 Å². The van der Waals surface area contributed by atoms with Crippen LogP contribution >= 0.6 is 0 Å². The molecule has 0 radical (unpaired) electrons. The lowest BCUT2D eigenvalue weighted by Gasteiger charge is -2.15. The molecule has 0 unspecified atom stereocenters. The Morgan fingerprint density at radius 2 is 2.10 bits per heavy atom. The fourth-order valence-corrected chi connectivity index (χ4v) is 1.95. The first kappa shape index (κ1) is 13.7. The molecule has 1 aromatic rings. The number of hydrogen-bond acceptors (Lipinski definition) is 6. The number of carbonyl (C=O) groups is 3. The standard InChI is InChI=1S/C12H10N2O6/c1-20-12(17)7-2-3-9(10(4-7)14(18)19)13-6-8(15)5-11(13)16/h2-4H,5-6H2,1H3. The molecule has 2 rings (SSSR count). The molecule has 0 aliphatic carbocycles. The van der Waals surface area contributed by atoms with Gasteiger partial charge in [0.15, 0.2) is 5.78 Å². The number of nitro benzene ring substituents is 1. The second-order valence-corrected chi connectivity index (χ2v) is 4.15. The highest BCUT2D eigenvalue weighted by atomic mass is 16.6. The van der Waals surface area contributed by atoms with Crippen LogP contribution in [-0.4, -0.2) is 36.2 Å². The van der Waals surface area contributed by atoms with Crippen molar-refractivity contribution in [1.82, 2.24) is 0 Å². The number of ether oxygens (including phenoxy) is 1. The molecule has 0 atom stereocenters. The van der Waals surface area contributed by atoms with Gasteiger partial charge in [0.05, 0.1) is 30.6 Å². The molecule has 1 aliphatic rings. The third kappa shape index (κ3) is 2.35. The summed E-state index contributed by atoms with van der Waals surface area (Å²) in [4.78, 5) is 45.6. The van der Waals surface area contributed by atoms with Crippen LogP contribution in [0.3, 0.4) is 0 Å². The lowest BCUT2D eigenvalue weighted by Crippen LogP contribution is -2.25. The van der Waals surface area contributed by atoms with Crippen molar-refractivity contribution in [2.45, 2.75) is 6.42 Å². The van der Waals surface area contributed by atoms with Gasteiger partial charge in [-0.05, 0) is 12.1 Å². The van der Waals surface area contributed by atoms with E-state index in [9.17, 15) is 24.5 Å². The van der Waals surface area contributed by atoms with Crippen LogP contribution in [0.15, 0.2) is 18.2 Å². The Labute approximate surface area is 113 Å². The van der Waals surface area contributed by atoms with Crippen LogP contribution in [0.4, 0.5) is 11.4 Å². The van der Waals surface area contributed by atoms with Gasteiger partial charge in [0.1, 0.15) is 5.69 Å². The Morgan fingerprint density at radius 1 is 1.40 bits per heavy atom. The highest BCUT2D eigenvalue weighted by molar-refractivity contribution is 6.15. The summed E-state index contributed by atoms with van der Waals surface area (Å²) in [6, 6.07) is 3.60. The lowest BCUT2D eigenvalue weighted by molar-refractivity contribution is -0.384. The second kappa shape index (κ2) is 5.08. The van der Waals surface area contributed by atoms with Gasteiger partial charge in [-0.25, -0.2) is 4.79 Å². The maximum Gasteiger partial charge on any atom is 0.338 e. The Hall–Kier alpha value is -2.77. The van der Waals surface area contributed by atoms with E-state index in [4.69, 9.17) is 0 Å². The Balaban J connectivity index is 2.48. The minimum atomic E-state index is -0.719. The van der Waals surface area contributed by atoms with Gasteiger partial charge in [-0.2, -0.15) is 0 Å². The average Bonchev–Trinajstić information content (AvgIpc) is 2.76. The van der Waals surface area contributed by atoms with Crippen LogP contribution in [0.2, 0.25) is 0 Å². The maximum absolute atomic E-state index is 11.6. The van der Waals surface area contributed by atoms with E-state index in [0.29, 0.717) is 0 Å². The zero-order valence-corrected chi connectivity index (χ0v) is 10.5. The molecule has 0 saturated carbocycles. The summed E-state index contributed by atoms with van der Waals surface area (Å²) in [7, 11) is 1.16. The molecule has 104 valence electrons. The normalized spacial score (nSPS) is 14.6. The van der Waals surface area contributed by atoms with E-state index in [-0.39, 0.29) is 30.0 Å². The van der Waals surface area contributed by atoms with Crippen LogP contribution in [0.25, 0.3) is 0 Å². The highest BCUT2D eigenvalue weighted by Gasteiger charge is 2.33. The molecule has 0 spiro atoms. The summed E-state index contributed by atoms with van der Waals surface area (Å²) in [5.41, 5.74) is -0.421. The lowest BCUT2D eigenvalue weighted by atomic mass is 10.1. The van der Waals surface area contributed by atoms with E-state index < -0.39 is 22.5 Å². The Kier molecular flexibility index (Phi) is 3.47. The first-order valence-electron chi connectivity index (χ1n) is 5.63. The fourth-order valence-electron chi connectivity index (χ4n) is 1.95. The number of Topliss-reactive ketones (excluding diaryl/α,β-unsaturated/α-hetero) is 1. The number of nitro groups is 1. The van der Waals surface area contributed by atoms with E-state index in [2.05, 4.69) is 4.74 Å². The van der Waals surface area contributed by atoms with E-state index in [1.54, 1.807) is 0 Å². The number of methoxy groups -OCH3 is 1. The van der Waals surface area contributed by atoms with E-state index in [1.165, 1.54) is 12.1 Å². The van der Waals surface area contributed by atoms with Crippen molar-refractivity contribution in [3.05, 3.63) is 33.9 Å². The van der Waals surface area contributed by atoms with Crippen molar-refractivity contribution >= 4 is 29.0 Å². The van der Waals surface area contributed by atoms with Gasteiger partial charge < -0.3 is 4.74 Å². The van der Waals surface area contributed by atoms with Gasteiger partial charge in [-0.15, -0.1) is 0 Å². The molecule has 20 heavy (non-hydrogen) atoms. The number of nitrogens with zero attached hydrogens (tertiary/aromatic N) is 2. The quantitative estimate of drug-likeness (QED) is 0.348. The maximum atomic E-state index is 11.6. The van der Waals surface area contributed by atoms with Crippen LogP contribution < -0.4 is 4.90 Å². The number of ketones is 1. The van der Waals surface area contributed by atoms with Gasteiger partial charge in [0.2, 0.25) is 5.91 Å².